The van der Waals surface area contributed by atoms with E-state index in [0.29, 0.717) is 6.42 Å². The average Bonchev–Trinajstić information content (AvgIpc) is 2.38. The predicted molar refractivity (Wildman–Crippen MR) is 70.3 cm³/mol. The summed E-state index contributed by atoms with van der Waals surface area (Å²) in [5.74, 6) is -1.92. The van der Waals surface area contributed by atoms with Gasteiger partial charge in [-0.25, -0.2) is 9.59 Å². The smallest absolute Gasteiger partial charge is 0.340 e. The molecule has 1 aromatic rings. The number of aliphatic hydroxyl groups is 2. The van der Waals surface area contributed by atoms with Gasteiger partial charge in [-0.1, -0.05) is 13.0 Å². The first kappa shape index (κ1) is 16.1. The fourth-order valence-electron chi connectivity index (χ4n) is 1.70. The molecule has 110 valence electrons. The zero-order chi connectivity index (χ0) is 15.1. The summed E-state index contributed by atoms with van der Waals surface area (Å²) in [5.41, 5.74) is 0.0429. The molecule has 0 saturated heterocycles. The van der Waals surface area contributed by atoms with Crippen LogP contribution in [0.15, 0.2) is 24.3 Å². The van der Waals surface area contributed by atoms with Crippen LogP contribution in [0.25, 0.3) is 0 Å². The molecule has 0 radical (unpaired) electrons. The van der Waals surface area contributed by atoms with Gasteiger partial charge in [0.2, 0.25) is 6.29 Å². The van der Waals surface area contributed by atoms with Crippen molar-refractivity contribution in [3.8, 4) is 0 Å². The molecule has 20 heavy (non-hydrogen) atoms. The van der Waals surface area contributed by atoms with Crippen molar-refractivity contribution in [2.75, 3.05) is 6.61 Å². The molecule has 1 aromatic carbocycles. The van der Waals surface area contributed by atoms with E-state index in [4.69, 9.17) is 14.9 Å². The second kappa shape index (κ2) is 7.62. The third kappa shape index (κ3) is 4.99. The normalized spacial score (nSPS) is 13.6. The Labute approximate surface area is 116 Å². The quantitative estimate of drug-likeness (QED) is 0.514. The number of hydrogen-bond donors (Lipinski definition) is 3. The Kier molecular flexibility index (Phi) is 6.14. The van der Waals surface area contributed by atoms with Crippen LogP contribution < -0.4 is 0 Å². The van der Waals surface area contributed by atoms with E-state index in [1.807, 2.05) is 6.92 Å². The summed E-state index contributed by atoms with van der Waals surface area (Å²) < 4.78 is 4.83. The molecular formula is C14H18O6. The Bertz CT molecular complexity index is 470. The molecule has 0 amide bonds. The maximum atomic E-state index is 11.7. The molecule has 0 aliphatic rings. The fraction of sp³-hybridized carbons (Fsp3) is 0.429. The third-order valence-electron chi connectivity index (χ3n) is 2.81. The van der Waals surface area contributed by atoms with Gasteiger partial charge in [0.25, 0.3) is 0 Å². The van der Waals surface area contributed by atoms with Crippen LogP contribution in [0, 0.1) is 5.92 Å². The molecule has 0 aromatic heterocycles. The summed E-state index contributed by atoms with van der Waals surface area (Å²) in [4.78, 5) is 22.5. The predicted octanol–water partition coefficient (Wildman–Crippen LogP) is 1.27. The second-order valence-corrected chi connectivity index (χ2v) is 4.60. The number of carboxylic acids is 1. The molecular weight excluding hydrogens is 264 g/mol. The van der Waals surface area contributed by atoms with Crippen molar-refractivity contribution in [1.82, 2.24) is 0 Å². The topological polar surface area (TPSA) is 104 Å². The highest BCUT2D eigenvalue weighted by atomic mass is 16.6. The van der Waals surface area contributed by atoms with Crippen molar-refractivity contribution < 1.29 is 29.6 Å². The molecule has 2 unspecified atom stereocenters. The molecule has 0 fully saturated rings. The van der Waals surface area contributed by atoms with Crippen molar-refractivity contribution in [2.45, 2.75) is 26.1 Å². The SMILES string of the molecule is CC(CCO)CC(O)OC(=O)c1cccc(C(=O)O)c1. The lowest BCUT2D eigenvalue weighted by atomic mass is 10.0. The molecule has 3 N–H and O–H groups in total. The first-order valence-corrected chi connectivity index (χ1v) is 6.27. The van der Waals surface area contributed by atoms with Crippen LogP contribution in [0.5, 0.6) is 0 Å². The number of esters is 1. The maximum absolute atomic E-state index is 11.7. The van der Waals surface area contributed by atoms with Crippen LogP contribution in [-0.4, -0.2) is 40.2 Å². The lowest BCUT2D eigenvalue weighted by molar-refractivity contribution is -0.0761. The molecule has 0 spiro atoms. The van der Waals surface area contributed by atoms with Crippen LogP contribution in [0.4, 0.5) is 0 Å². The monoisotopic (exact) mass is 282 g/mol. The van der Waals surface area contributed by atoms with E-state index in [0.717, 1.165) is 0 Å². The molecule has 0 heterocycles. The Morgan fingerprint density at radius 2 is 1.95 bits per heavy atom. The zero-order valence-corrected chi connectivity index (χ0v) is 11.2. The average molecular weight is 282 g/mol. The van der Waals surface area contributed by atoms with E-state index < -0.39 is 18.2 Å². The van der Waals surface area contributed by atoms with Crippen molar-refractivity contribution in [1.29, 1.82) is 0 Å². The number of hydrogen-bond acceptors (Lipinski definition) is 5. The minimum Gasteiger partial charge on any atom is -0.478 e. The van der Waals surface area contributed by atoms with Crippen LogP contribution in [0.3, 0.4) is 0 Å². The van der Waals surface area contributed by atoms with Crippen LogP contribution in [-0.2, 0) is 4.74 Å². The van der Waals surface area contributed by atoms with Gasteiger partial charge in [0.05, 0.1) is 11.1 Å². The minimum absolute atomic E-state index is 0.00247. The number of carbonyl (C=O) groups excluding carboxylic acids is 1. The Morgan fingerprint density at radius 3 is 2.55 bits per heavy atom. The number of benzene rings is 1. The Balaban J connectivity index is 2.62. The maximum Gasteiger partial charge on any atom is 0.340 e. The number of aromatic carboxylic acids is 1. The van der Waals surface area contributed by atoms with E-state index in [1.165, 1.54) is 24.3 Å². The van der Waals surface area contributed by atoms with Crippen molar-refractivity contribution in [2.24, 2.45) is 5.92 Å². The van der Waals surface area contributed by atoms with Gasteiger partial charge < -0.3 is 20.1 Å². The van der Waals surface area contributed by atoms with E-state index in [1.54, 1.807) is 0 Å². The van der Waals surface area contributed by atoms with Crippen molar-refractivity contribution in [3.63, 3.8) is 0 Å². The first-order valence-electron chi connectivity index (χ1n) is 6.27. The lowest BCUT2D eigenvalue weighted by Gasteiger charge is -2.16. The highest BCUT2D eigenvalue weighted by molar-refractivity contribution is 5.94. The van der Waals surface area contributed by atoms with Gasteiger partial charge >= 0.3 is 11.9 Å². The van der Waals surface area contributed by atoms with Gasteiger partial charge in [0.15, 0.2) is 0 Å². The number of ether oxygens (including phenoxy) is 1. The fourth-order valence-corrected chi connectivity index (χ4v) is 1.70. The van der Waals surface area contributed by atoms with Gasteiger partial charge in [-0.15, -0.1) is 0 Å². The summed E-state index contributed by atoms with van der Waals surface area (Å²) in [6, 6.07) is 5.40. The molecule has 0 saturated carbocycles. The van der Waals surface area contributed by atoms with Crippen LogP contribution >= 0.6 is 0 Å². The summed E-state index contributed by atoms with van der Waals surface area (Å²) in [7, 11) is 0. The lowest BCUT2D eigenvalue weighted by Crippen LogP contribution is -2.21. The number of rotatable bonds is 7. The Morgan fingerprint density at radius 1 is 1.30 bits per heavy atom. The molecule has 0 aliphatic heterocycles. The van der Waals surface area contributed by atoms with Crippen LogP contribution in [0.1, 0.15) is 40.5 Å². The molecule has 6 heteroatoms. The van der Waals surface area contributed by atoms with Crippen molar-refractivity contribution >= 4 is 11.9 Å². The summed E-state index contributed by atoms with van der Waals surface area (Å²) in [6.07, 6.45) is -0.564. The van der Waals surface area contributed by atoms with E-state index >= 15 is 0 Å². The van der Waals surface area contributed by atoms with E-state index in [9.17, 15) is 14.7 Å². The van der Waals surface area contributed by atoms with Crippen molar-refractivity contribution in [3.05, 3.63) is 35.4 Å². The van der Waals surface area contributed by atoms with Gasteiger partial charge in [-0.3, -0.25) is 0 Å². The highest BCUT2D eigenvalue weighted by Gasteiger charge is 2.17. The Hall–Kier alpha value is -1.92. The summed E-state index contributed by atoms with van der Waals surface area (Å²) in [5, 5.41) is 27.2. The minimum atomic E-state index is -1.28. The summed E-state index contributed by atoms with van der Waals surface area (Å²) >= 11 is 0. The van der Waals surface area contributed by atoms with Gasteiger partial charge in [-0.05, 0) is 30.5 Å². The molecule has 1 rings (SSSR count). The highest BCUT2D eigenvalue weighted by Crippen LogP contribution is 2.13. The number of aliphatic hydroxyl groups excluding tert-OH is 2. The number of carboxylic acid groups (broad SMARTS) is 1. The molecule has 0 aliphatic carbocycles. The standard InChI is InChI=1S/C14H18O6/c1-9(5-6-15)7-12(16)20-14(19)11-4-2-3-10(8-11)13(17)18/h2-4,8-9,12,15-16H,5-7H2,1H3,(H,17,18). The van der Waals surface area contributed by atoms with E-state index in [-0.39, 0.29) is 30.1 Å². The number of carbonyl (C=O) groups is 2. The zero-order valence-electron chi connectivity index (χ0n) is 11.2. The largest absolute Gasteiger partial charge is 0.478 e. The van der Waals surface area contributed by atoms with Gasteiger partial charge in [0.1, 0.15) is 0 Å². The third-order valence-corrected chi connectivity index (χ3v) is 2.81. The first-order chi connectivity index (χ1) is 9.43. The van der Waals surface area contributed by atoms with Crippen LogP contribution in [0.2, 0.25) is 0 Å². The van der Waals surface area contributed by atoms with Gasteiger partial charge in [-0.2, -0.15) is 0 Å². The second-order valence-electron chi connectivity index (χ2n) is 4.60. The molecule has 0 bridgehead atoms. The molecule has 6 nitrogen and oxygen atoms in total. The molecule has 2 atom stereocenters. The van der Waals surface area contributed by atoms with Gasteiger partial charge in [0, 0.05) is 13.0 Å². The summed E-state index contributed by atoms with van der Waals surface area (Å²) in [6.45, 7) is 1.82. The van der Waals surface area contributed by atoms with E-state index in [2.05, 4.69) is 0 Å².